The van der Waals surface area contributed by atoms with Crippen molar-refractivity contribution in [3.8, 4) is 5.75 Å². The van der Waals surface area contributed by atoms with Crippen LogP contribution in [0, 0.1) is 6.92 Å². The third-order valence-corrected chi connectivity index (χ3v) is 3.76. The van der Waals surface area contributed by atoms with Crippen LogP contribution in [-0.4, -0.2) is 30.3 Å². The van der Waals surface area contributed by atoms with Crippen molar-refractivity contribution in [2.75, 3.05) is 13.2 Å². The van der Waals surface area contributed by atoms with E-state index in [0.29, 0.717) is 24.8 Å². The van der Waals surface area contributed by atoms with E-state index >= 15 is 0 Å². The molecule has 1 fully saturated rings. The molecule has 4 heteroatoms. The minimum absolute atomic E-state index is 0.149. The first kappa shape index (κ1) is 14.9. The molecule has 0 aromatic heterocycles. The van der Waals surface area contributed by atoms with Crippen molar-refractivity contribution in [1.29, 1.82) is 0 Å². The average Bonchev–Trinajstić information content (AvgIpc) is 2.47. The third-order valence-electron chi connectivity index (χ3n) is 3.76. The lowest BCUT2D eigenvalue weighted by Gasteiger charge is -2.22. The summed E-state index contributed by atoms with van der Waals surface area (Å²) < 4.78 is 5.75. The van der Waals surface area contributed by atoms with Crippen LogP contribution < -0.4 is 5.32 Å². The summed E-state index contributed by atoms with van der Waals surface area (Å²) >= 11 is 0. The summed E-state index contributed by atoms with van der Waals surface area (Å²) in [7, 11) is 0. The molecule has 0 unspecified atom stereocenters. The molecule has 1 aliphatic carbocycles. The van der Waals surface area contributed by atoms with Gasteiger partial charge in [0.1, 0.15) is 5.75 Å². The lowest BCUT2D eigenvalue weighted by molar-refractivity contribution is 0.0299. The van der Waals surface area contributed by atoms with Crippen molar-refractivity contribution >= 4 is 5.91 Å². The quantitative estimate of drug-likeness (QED) is 0.814. The lowest BCUT2D eigenvalue weighted by Crippen LogP contribution is -2.29. The number of ether oxygens (including phenoxy) is 1. The van der Waals surface area contributed by atoms with Crippen LogP contribution in [-0.2, 0) is 4.74 Å². The van der Waals surface area contributed by atoms with Gasteiger partial charge in [0.05, 0.1) is 12.7 Å². The Morgan fingerprint density at radius 3 is 2.80 bits per heavy atom. The standard InChI is InChI=1S/C16H23NO3/c1-12-7-8-13(11-15(12)18)16(19)17-9-10-20-14-5-3-2-4-6-14/h7-8,11,14,18H,2-6,9-10H2,1H3,(H,17,19). The molecule has 1 aromatic carbocycles. The molecular weight excluding hydrogens is 254 g/mol. The number of hydrogen-bond donors (Lipinski definition) is 2. The first-order valence-corrected chi connectivity index (χ1v) is 7.36. The number of aryl methyl sites for hydroxylation is 1. The second-order valence-corrected chi connectivity index (χ2v) is 5.39. The molecule has 0 bridgehead atoms. The number of amides is 1. The Morgan fingerprint density at radius 2 is 2.10 bits per heavy atom. The molecule has 2 rings (SSSR count). The van der Waals surface area contributed by atoms with Crippen molar-refractivity contribution in [3.05, 3.63) is 29.3 Å². The molecule has 2 N–H and O–H groups in total. The highest BCUT2D eigenvalue weighted by molar-refractivity contribution is 5.94. The number of phenolic OH excluding ortho intramolecular Hbond substituents is 1. The van der Waals surface area contributed by atoms with E-state index < -0.39 is 0 Å². The van der Waals surface area contributed by atoms with Crippen LogP contribution in [0.3, 0.4) is 0 Å². The van der Waals surface area contributed by atoms with Crippen LogP contribution in [0.25, 0.3) is 0 Å². The molecule has 0 aliphatic heterocycles. The molecule has 0 saturated heterocycles. The maximum atomic E-state index is 11.9. The predicted octanol–water partition coefficient (Wildman–Crippen LogP) is 2.78. The van der Waals surface area contributed by atoms with Crippen LogP contribution in [0.5, 0.6) is 5.75 Å². The van der Waals surface area contributed by atoms with Gasteiger partial charge in [0.25, 0.3) is 5.91 Å². The molecule has 1 aliphatic rings. The number of hydrogen-bond acceptors (Lipinski definition) is 3. The van der Waals surface area contributed by atoms with Crippen molar-refractivity contribution in [2.45, 2.75) is 45.1 Å². The Bertz CT molecular complexity index is 453. The number of aromatic hydroxyl groups is 1. The van der Waals surface area contributed by atoms with Crippen LogP contribution in [0.4, 0.5) is 0 Å². The molecule has 20 heavy (non-hydrogen) atoms. The molecule has 110 valence electrons. The van der Waals surface area contributed by atoms with Gasteiger partial charge in [0.15, 0.2) is 0 Å². The van der Waals surface area contributed by atoms with E-state index in [1.54, 1.807) is 19.1 Å². The van der Waals surface area contributed by atoms with Gasteiger partial charge in [0, 0.05) is 12.1 Å². The highest BCUT2D eigenvalue weighted by atomic mass is 16.5. The zero-order chi connectivity index (χ0) is 14.4. The number of carbonyl (C=O) groups excluding carboxylic acids is 1. The Labute approximate surface area is 120 Å². The fourth-order valence-corrected chi connectivity index (χ4v) is 2.47. The zero-order valence-electron chi connectivity index (χ0n) is 12.0. The predicted molar refractivity (Wildman–Crippen MR) is 78.0 cm³/mol. The summed E-state index contributed by atoms with van der Waals surface area (Å²) in [5, 5.41) is 12.4. The van der Waals surface area contributed by atoms with Crippen LogP contribution >= 0.6 is 0 Å². The van der Waals surface area contributed by atoms with E-state index in [2.05, 4.69) is 5.32 Å². The van der Waals surface area contributed by atoms with E-state index in [1.165, 1.54) is 25.3 Å². The molecular formula is C16H23NO3. The smallest absolute Gasteiger partial charge is 0.251 e. The normalized spacial score (nSPS) is 16.1. The van der Waals surface area contributed by atoms with Crippen LogP contribution in [0.15, 0.2) is 18.2 Å². The molecule has 1 aromatic rings. The van der Waals surface area contributed by atoms with Crippen molar-refractivity contribution in [3.63, 3.8) is 0 Å². The third kappa shape index (κ3) is 4.23. The van der Waals surface area contributed by atoms with Gasteiger partial charge in [-0.25, -0.2) is 0 Å². The Hall–Kier alpha value is -1.55. The highest BCUT2D eigenvalue weighted by Gasteiger charge is 2.13. The summed E-state index contributed by atoms with van der Waals surface area (Å²) in [4.78, 5) is 11.9. The van der Waals surface area contributed by atoms with Gasteiger partial charge < -0.3 is 15.2 Å². The molecule has 0 radical (unpaired) electrons. The summed E-state index contributed by atoms with van der Waals surface area (Å²) in [6.45, 7) is 2.85. The van der Waals surface area contributed by atoms with E-state index in [4.69, 9.17) is 4.74 Å². The van der Waals surface area contributed by atoms with Gasteiger partial charge in [0.2, 0.25) is 0 Å². The fourth-order valence-electron chi connectivity index (χ4n) is 2.47. The van der Waals surface area contributed by atoms with Crippen molar-refractivity contribution in [1.82, 2.24) is 5.32 Å². The van der Waals surface area contributed by atoms with Crippen LogP contribution in [0.1, 0.15) is 48.0 Å². The van der Waals surface area contributed by atoms with E-state index in [9.17, 15) is 9.90 Å². The SMILES string of the molecule is Cc1ccc(C(=O)NCCOC2CCCCC2)cc1O. The summed E-state index contributed by atoms with van der Waals surface area (Å²) in [6, 6.07) is 4.95. The zero-order valence-corrected chi connectivity index (χ0v) is 12.0. The maximum Gasteiger partial charge on any atom is 0.251 e. The van der Waals surface area contributed by atoms with Gasteiger partial charge in [-0.2, -0.15) is 0 Å². The molecule has 0 heterocycles. The van der Waals surface area contributed by atoms with E-state index in [1.807, 2.05) is 0 Å². The minimum Gasteiger partial charge on any atom is -0.508 e. The largest absolute Gasteiger partial charge is 0.508 e. The lowest BCUT2D eigenvalue weighted by atomic mass is 9.98. The number of carbonyl (C=O) groups is 1. The molecule has 0 atom stereocenters. The minimum atomic E-state index is -0.174. The number of nitrogens with one attached hydrogen (secondary N) is 1. The van der Waals surface area contributed by atoms with Crippen molar-refractivity contribution < 1.29 is 14.6 Å². The molecule has 1 amide bonds. The fraction of sp³-hybridized carbons (Fsp3) is 0.562. The highest BCUT2D eigenvalue weighted by Crippen LogP contribution is 2.20. The second kappa shape index (κ2) is 7.29. The first-order chi connectivity index (χ1) is 9.66. The Balaban J connectivity index is 1.70. The topological polar surface area (TPSA) is 58.6 Å². The van der Waals surface area contributed by atoms with Gasteiger partial charge in [-0.05, 0) is 37.5 Å². The number of rotatable bonds is 5. The summed E-state index contributed by atoms with van der Waals surface area (Å²) in [5.74, 6) is -0.0244. The molecule has 0 spiro atoms. The van der Waals surface area contributed by atoms with Gasteiger partial charge in [-0.1, -0.05) is 25.3 Å². The van der Waals surface area contributed by atoms with Crippen LogP contribution in [0.2, 0.25) is 0 Å². The van der Waals surface area contributed by atoms with Gasteiger partial charge in [-0.3, -0.25) is 4.79 Å². The number of benzene rings is 1. The average molecular weight is 277 g/mol. The second-order valence-electron chi connectivity index (χ2n) is 5.39. The van der Waals surface area contributed by atoms with Gasteiger partial charge >= 0.3 is 0 Å². The van der Waals surface area contributed by atoms with E-state index in [-0.39, 0.29) is 11.7 Å². The summed E-state index contributed by atoms with van der Waals surface area (Å²) in [6.07, 6.45) is 6.45. The van der Waals surface area contributed by atoms with E-state index in [0.717, 1.165) is 18.4 Å². The molecule has 4 nitrogen and oxygen atoms in total. The van der Waals surface area contributed by atoms with Gasteiger partial charge in [-0.15, -0.1) is 0 Å². The maximum absolute atomic E-state index is 11.9. The monoisotopic (exact) mass is 277 g/mol. The summed E-state index contributed by atoms with van der Waals surface area (Å²) in [5.41, 5.74) is 1.24. The first-order valence-electron chi connectivity index (χ1n) is 7.36. The number of phenols is 1. The molecule has 1 saturated carbocycles. The Morgan fingerprint density at radius 1 is 1.35 bits per heavy atom. The van der Waals surface area contributed by atoms with Crippen molar-refractivity contribution in [2.24, 2.45) is 0 Å². The Kier molecular flexibility index (Phi) is 5.41.